The van der Waals surface area contributed by atoms with Crippen molar-refractivity contribution in [2.45, 2.75) is 38.4 Å². The van der Waals surface area contributed by atoms with Gasteiger partial charge < -0.3 is 10.4 Å². The molecule has 1 heterocycles. The summed E-state index contributed by atoms with van der Waals surface area (Å²) in [4.78, 5) is 12.3. The maximum absolute atomic E-state index is 12.3. The van der Waals surface area contributed by atoms with E-state index in [1.54, 1.807) is 17.8 Å². The van der Waals surface area contributed by atoms with E-state index in [-0.39, 0.29) is 16.4 Å². The van der Waals surface area contributed by atoms with Crippen LogP contribution in [-0.4, -0.2) is 21.5 Å². The lowest BCUT2D eigenvalue weighted by molar-refractivity contribution is -0.118. The normalized spacial score (nSPS) is 23.1. The molecule has 1 aromatic rings. The van der Waals surface area contributed by atoms with Gasteiger partial charge >= 0.3 is 0 Å². The van der Waals surface area contributed by atoms with Crippen LogP contribution in [-0.2, 0) is 4.79 Å². The number of phenols is 1. The van der Waals surface area contributed by atoms with Crippen LogP contribution in [0.1, 0.15) is 30.9 Å². The Morgan fingerprint density at radius 2 is 2.11 bits per heavy atom. The third kappa shape index (κ3) is 2.48. The fourth-order valence-corrected chi connectivity index (χ4v) is 3.36. The van der Waals surface area contributed by atoms with Crippen LogP contribution in [0.2, 0.25) is 0 Å². The summed E-state index contributed by atoms with van der Waals surface area (Å²) < 4.78 is -0.307. The van der Waals surface area contributed by atoms with E-state index in [0.29, 0.717) is 0 Å². The SMILES string of the molecule is Cc1cc(NC(=O)C2(C)CCCS2)c(C)cc1O. The van der Waals surface area contributed by atoms with Gasteiger partial charge in [-0.3, -0.25) is 4.79 Å². The van der Waals surface area contributed by atoms with Crippen LogP contribution in [0, 0.1) is 13.8 Å². The summed E-state index contributed by atoms with van der Waals surface area (Å²) in [6.45, 7) is 5.72. The fraction of sp³-hybridized carbons (Fsp3) is 0.500. The van der Waals surface area contributed by atoms with Crippen molar-refractivity contribution >= 4 is 23.4 Å². The lowest BCUT2D eigenvalue weighted by atomic mass is 10.0. The summed E-state index contributed by atoms with van der Waals surface area (Å²) >= 11 is 1.72. The highest BCUT2D eigenvalue weighted by Gasteiger charge is 2.37. The molecule has 2 N–H and O–H groups in total. The van der Waals surface area contributed by atoms with Gasteiger partial charge in [0.1, 0.15) is 5.75 Å². The fourth-order valence-electron chi connectivity index (χ4n) is 2.15. The number of rotatable bonds is 2. The molecule has 18 heavy (non-hydrogen) atoms. The molecule has 1 amide bonds. The maximum atomic E-state index is 12.3. The van der Waals surface area contributed by atoms with E-state index in [1.807, 2.05) is 26.8 Å². The van der Waals surface area contributed by atoms with Crippen LogP contribution >= 0.6 is 11.8 Å². The van der Waals surface area contributed by atoms with Crippen LogP contribution in [0.5, 0.6) is 5.75 Å². The third-order valence-electron chi connectivity index (χ3n) is 3.49. The molecular formula is C14H19NO2S. The Kier molecular flexibility index (Phi) is 3.57. The van der Waals surface area contributed by atoms with Crippen molar-refractivity contribution in [3.8, 4) is 5.75 Å². The molecule has 1 saturated heterocycles. The van der Waals surface area contributed by atoms with Gasteiger partial charge in [-0.25, -0.2) is 0 Å². The van der Waals surface area contributed by atoms with Crippen LogP contribution in [0.4, 0.5) is 5.69 Å². The predicted molar refractivity (Wildman–Crippen MR) is 76.3 cm³/mol. The van der Waals surface area contributed by atoms with Crippen LogP contribution < -0.4 is 5.32 Å². The number of anilines is 1. The van der Waals surface area contributed by atoms with E-state index in [1.165, 1.54) is 0 Å². The van der Waals surface area contributed by atoms with Crippen molar-refractivity contribution in [3.63, 3.8) is 0 Å². The molecule has 0 spiro atoms. The summed E-state index contributed by atoms with van der Waals surface area (Å²) in [6, 6.07) is 3.51. The second kappa shape index (κ2) is 4.84. The molecule has 1 unspecified atom stereocenters. The smallest absolute Gasteiger partial charge is 0.240 e. The maximum Gasteiger partial charge on any atom is 0.240 e. The minimum atomic E-state index is -0.307. The zero-order valence-electron chi connectivity index (χ0n) is 11.0. The Labute approximate surface area is 112 Å². The van der Waals surface area contributed by atoms with E-state index < -0.39 is 0 Å². The van der Waals surface area contributed by atoms with E-state index in [4.69, 9.17) is 0 Å². The largest absolute Gasteiger partial charge is 0.508 e. The Balaban J connectivity index is 2.19. The van der Waals surface area contributed by atoms with Crippen LogP contribution in [0.3, 0.4) is 0 Å². The predicted octanol–water partition coefficient (Wildman–Crippen LogP) is 3.23. The van der Waals surface area contributed by atoms with Gasteiger partial charge in [0, 0.05) is 5.69 Å². The molecular weight excluding hydrogens is 246 g/mol. The molecule has 1 fully saturated rings. The number of benzene rings is 1. The number of hydrogen-bond donors (Lipinski definition) is 2. The number of aromatic hydroxyl groups is 1. The Morgan fingerprint density at radius 3 is 2.72 bits per heavy atom. The lowest BCUT2D eigenvalue weighted by Gasteiger charge is -2.22. The van der Waals surface area contributed by atoms with E-state index >= 15 is 0 Å². The van der Waals surface area contributed by atoms with E-state index in [2.05, 4.69) is 5.32 Å². The molecule has 1 aliphatic heterocycles. The molecule has 98 valence electrons. The minimum Gasteiger partial charge on any atom is -0.508 e. The monoisotopic (exact) mass is 265 g/mol. The van der Waals surface area contributed by atoms with Crippen molar-refractivity contribution in [2.24, 2.45) is 0 Å². The average Bonchev–Trinajstić information content (AvgIpc) is 2.74. The third-order valence-corrected chi connectivity index (χ3v) is 5.01. The molecule has 0 bridgehead atoms. The summed E-state index contributed by atoms with van der Waals surface area (Å²) in [6.07, 6.45) is 2.03. The number of aryl methyl sites for hydroxylation is 2. The van der Waals surface area contributed by atoms with Crippen molar-refractivity contribution in [1.29, 1.82) is 0 Å². The zero-order valence-corrected chi connectivity index (χ0v) is 11.9. The highest BCUT2D eigenvalue weighted by Crippen LogP contribution is 2.39. The molecule has 2 rings (SSSR count). The molecule has 4 heteroatoms. The summed E-state index contributed by atoms with van der Waals surface area (Å²) in [5.74, 6) is 1.39. The summed E-state index contributed by atoms with van der Waals surface area (Å²) in [5.41, 5.74) is 2.46. The molecule has 1 atom stereocenters. The van der Waals surface area contributed by atoms with Gasteiger partial charge in [-0.15, -0.1) is 11.8 Å². The zero-order chi connectivity index (χ0) is 13.3. The summed E-state index contributed by atoms with van der Waals surface area (Å²) in [5, 5.41) is 12.6. The van der Waals surface area contributed by atoms with Gasteiger partial charge in [0.2, 0.25) is 5.91 Å². The highest BCUT2D eigenvalue weighted by atomic mass is 32.2. The molecule has 1 aromatic carbocycles. The lowest BCUT2D eigenvalue weighted by Crippen LogP contribution is -2.34. The first kappa shape index (κ1) is 13.3. The number of amides is 1. The topological polar surface area (TPSA) is 49.3 Å². The minimum absolute atomic E-state index is 0.0678. The van der Waals surface area contributed by atoms with Crippen LogP contribution in [0.15, 0.2) is 12.1 Å². The number of hydrogen-bond acceptors (Lipinski definition) is 3. The van der Waals surface area contributed by atoms with Gasteiger partial charge in [-0.2, -0.15) is 0 Å². The van der Waals surface area contributed by atoms with Crippen LogP contribution in [0.25, 0.3) is 0 Å². The number of carbonyl (C=O) groups is 1. The van der Waals surface area contributed by atoms with Gasteiger partial charge in [0.15, 0.2) is 0 Å². The Bertz CT molecular complexity index is 479. The first-order chi connectivity index (χ1) is 8.42. The van der Waals surface area contributed by atoms with Crippen molar-refractivity contribution in [3.05, 3.63) is 23.3 Å². The van der Waals surface area contributed by atoms with Gasteiger partial charge in [0.25, 0.3) is 0 Å². The number of phenolic OH excluding ortho intramolecular Hbond substituents is 1. The molecule has 0 aromatic heterocycles. The van der Waals surface area contributed by atoms with E-state index in [0.717, 1.165) is 35.4 Å². The molecule has 3 nitrogen and oxygen atoms in total. The second-order valence-corrected chi connectivity index (χ2v) is 6.69. The van der Waals surface area contributed by atoms with Crippen molar-refractivity contribution < 1.29 is 9.90 Å². The van der Waals surface area contributed by atoms with E-state index in [9.17, 15) is 9.90 Å². The molecule has 0 radical (unpaired) electrons. The first-order valence-electron chi connectivity index (χ1n) is 6.18. The molecule has 0 saturated carbocycles. The van der Waals surface area contributed by atoms with Gasteiger partial charge in [-0.05, 0) is 62.6 Å². The molecule has 1 aliphatic rings. The standard InChI is InChI=1S/C14H19NO2S/c1-9-8-12(16)10(2)7-11(9)15-13(17)14(3)5-4-6-18-14/h7-8,16H,4-6H2,1-3H3,(H,15,17). The highest BCUT2D eigenvalue weighted by molar-refractivity contribution is 8.01. The number of carbonyl (C=O) groups excluding carboxylic acids is 1. The van der Waals surface area contributed by atoms with Crippen molar-refractivity contribution in [2.75, 3.05) is 11.1 Å². The first-order valence-corrected chi connectivity index (χ1v) is 7.16. The number of nitrogens with one attached hydrogen (secondary N) is 1. The van der Waals surface area contributed by atoms with Gasteiger partial charge in [-0.1, -0.05) is 0 Å². The quantitative estimate of drug-likeness (QED) is 0.807. The summed E-state index contributed by atoms with van der Waals surface area (Å²) in [7, 11) is 0. The van der Waals surface area contributed by atoms with Gasteiger partial charge in [0.05, 0.1) is 4.75 Å². The Morgan fingerprint density at radius 1 is 1.39 bits per heavy atom. The average molecular weight is 265 g/mol. The number of thioether (sulfide) groups is 1. The second-order valence-electron chi connectivity index (χ2n) is 5.09. The Hall–Kier alpha value is -1.16. The molecule has 0 aliphatic carbocycles. The van der Waals surface area contributed by atoms with Crippen molar-refractivity contribution in [1.82, 2.24) is 0 Å².